The highest BCUT2D eigenvalue weighted by molar-refractivity contribution is 6.39. The number of nitrogens with one attached hydrogen (secondary N) is 3. The van der Waals surface area contributed by atoms with Crippen LogP contribution in [0.4, 0.5) is 0 Å². The smallest absolute Gasteiger partial charge is 0.317 e. The molecule has 3 aromatic heterocycles. The first kappa shape index (κ1) is 34.1. The number of halogens is 2. The Labute approximate surface area is 292 Å². The molecule has 49 heavy (non-hydrogen) atoms. The quantitative estimate of drug-likeness (QED) is 0.137. The lowest BCUT2D eigenvalue weighted by atomic mass is 9.97. The van der Waals surface area contributed by atoms with Gasteiger partial charge in [-0.3, -0.25) is 18.8 Å². The number of benzene rings is 2. The maximum absolute atomic E-state index is 13.2. The number of hydrogen-bond acceptors (Lipinski definition) is 8. The van der Waals surface area contributed by atoms with Gasteiger partial charge in [0.1, 0.15) is 5.65 Å². The summed E-state index contributed by atoms with van der Waals surface area (Å²) in [4.78, 5) is 45.0. The minimum atomic E-state index is -1.01. The second kappa shape index (κ2) is 14.8. The lowest BCUT2D eigenvalue weighted by Crippen LogP contribution is -2.35. The molecule has 0 bridgehead atoms. The van der Waals surface area contributed by atoms with E-state index in [1.165, 1.54) is 4.40 Å². The zero-order valence-corrected chi connectivity index (χ0v) is 28.4. The van der Waals surface area contributed by atoms with E-state index in [1.807, 2.05) is 48.5 Å². The Hall–Kier alpha value is -4.81. The highest BCUT2D eigenvalue weighted by atomic mass is 35.5. The van der Waals surface area contributed by atoms with E-state index < -0.39 is 5.97 Å². The van der Waals surface area contributed by atoms with Gasteiger partial charge >= 0.3 is 5.97 Å². The van der Waals surface area contributed by atoms with Crippen molar-refractivity contribution >= 4 is 40.7 Å². The molecule has 1 amide bonds. The number of pyridine rings is 2. The summed E-state index contributed by atoms with van der Waals surface area (Å²) in [6.45, 7) is 2.74. The van der Waals surface area contributed by atoms with Crippen LogP contribution in [0.2, 0.25) is 10.0 Å². The molecular formula is C36H34Cl2N6O5. The van der Waals surface area contributed by atoms with Crippen LogP contribution >= 0.6 is 23.2 Å². The Morgan fingerprint density at radius 1 is 0.980 bits per heavy atom. The number of aromatic nitrogens is 3. The van der Waals surface area contributed by atoms with Gasteiger partial charge in [-0.25, -0.2) is 9.97 Å². The molecule has 1 aliphatic heterocycles. The zero-order valence-electron chi connectivity index (χ0n) is 26.8. The van der Waals surface area contributed by atoms with E-state index in [0.29, 0.717) is 63.6 Å². The van der Waals surface area contributed by atoms with Crippen LogP contribution in [0.15, 0.2) is 71.7 Å². The van der Waals surface area contributed by atoms with Crippen LogP contribution in [-0.2, 0) is 22.7 Å². The molecule has 6 rings (SSSR count). The predicted molar refractivity (Wildman–Crippen MR) is 189 cm³/mol. The molecule has 4 heterocycles. The second-order valence-corrected chi connectivity index (χ2v) is 12.5. The fourth-order valence-corrected chi connectivity index (χ4v) is 6.66. The number of ether oxygens (including phenoxy) is 1. The van der Waals surface area contributed by atoms with E-state index in [2.05, 4.69) is 20.9 Å². The maximum atomic E-state index is 13.2. The fourth-order valence-electron chi connectivity index (χ4n) is 5.99. The molecule has 11 nitrogen and oxygen atoms in total. The largest absolute Gasteiger partial charge is 0.481 e. The molecule has 0 saturated carbocycles. The van der Waals surface area contributed by atoms with Crippen molar-refractivity contribution in [1.82, 2.24) is 30.3 Å². The van der Waals surface area contributed by atoms with Gasteiger partial charge in [-0.2, -0.15) is 0 Å². The van der Waals surface area contributed by atoms with Crippen LogP contribution in [-0.4, -0.2) is 57.6 Å². The number of carboxylic acid groups (broad SMARTS) is 1. The van der Waals surface area contributed by atoms with Crippen LogP contribution in [0.25, 0.3) is 39.2 Å². The molecule has 1 aliphatic rings. The van der Waals surface area contributed by atoms with Crippen molar-refractivity contribution in [3.8, 4) is 39.4 Å². The molecule has 13 heteroatoms. The number of methoxy groups -OCH3 is 1. The number of aryl methyl sites for hydroxylation is 1. The third-order valence-electron chi connectivity index (χ3n) is 8.51. The van der Waals surface area contributed by atoms with Gasteiger partial charge in [0.15, 0.2) is 0 Å². The molecule has 0 radical (unpaired) electrons. The van der Waals surface area contributed by atoms with Crippen molar-refractivity contribution in [1.29, 1.82) is 0 Å². The molecule has 1 fully saturated rings. The summed E-state index contributed by atoms with van der Waals surface area (Å²) in [7, 11) is 1.58. The van der Waals surface area contributed by atoms with Crippen LogP contribution in [0.3, 0.4) is 0 Å². The van der Waals surface area contributed by atoms with Crippen LogP contribution < -0.4 is 26.2 Å². The summed E-state index contributed by atoms with van der Waals surface area (Å²) in [5.41, 5.74) is 6.24. The predicted octanol–water partition coefficient (Wildman–Crippen LogP) is 5.26. The van der Waals surface area contributed by atoms with Crippen LogP contribution in [0.5, 0.6) is 5.88 Å². The molecule has 0 spiro atoms. The lowest BCUT2D eigenvalue weighted by Gasteiger charge is -2.16. The molecule has 252 valence electrons. The van der Waals surface area contributed by atoms with E-state index in [9.17, 15) is 14.4 Å². The van der Waals surface area contributed by atoms with Crippen molar-refractivity contribution in [3.63, 3.8) is 0 Å². The number of carboxylic acids is 1. The van der Waals surface area contributed by atoms with E-state index in [-0.39, 0.29) is 30.6 Å². The fraction of sp³-hybridized carbons (Fsp3) is 0.250. The monoisotopic (exact) mass is 700 g/mol. The first-order chi connectivity index (χ1) is 23.6. The molecule has 1 atom stereocenters. The summed E-state index contributed by atoms with van der Waals surface area (Å²) in [6.07, 6.45) is 3.02. The van der Waals surface area contributed by atoms with Gasteiger partial charge in [0.05, 0.1) is 35.0 Å². The Morgan fingerprint density at radius 2 is 1.69 bits per heavy atom. The average molecular weight is 702 g/mol. The maximum Gasteiger partial charge on any atom is 0.317 e. The van der Waals surface area contributed by atoms with E-state index in [1.54, 1.807) is 32.4 Å². The summed E-state index contributed by atoms with van der Waals surface area (Å²) < 4.78 is 7.06. The van der Waals surface area contributed by atoms with E-state index in [0.717, 1.165) is 34.2 Å². The van der Waals surface area contributed by atoms with Gasteiger partial charge < -0.3 is 25.8 Å². The number of fused-ring (bicyclic) bond motifs is 1. The summed E-state index contributed by atoms with van der Waals surface area (Å²) in [5.74, 6) is -0.446. The second-order valence-electron chi connectivity index (χ2n) is 11.8. The van der Waals surface area contributed by atoms with Gasteiger partial charge in [0, 0.05) is 71.8 Å². The standard InChI is InChI=1S/C36H34Cl2N6O5/c1-20-28(18-40-19-32(46)47)36(48)44-14-13-21(15-30(44)41-20)24-5-3-6-25(33(24)37)26-7-4-8-27(34(26)38)29-11-9-22(35(43-29)49-2)16-39-17-23-10-12-31(45)42-23/h3-9,11,13-15,23,39-40H,10,12,16-19H2,1-2H3,(H,42,45)(H,46,47)/t23-/m1/s1. The Kier molecular flexibility index (Phi) is 10.3. The van der Waals surface area contributed by atoms with Gasteiger partial charge in [-0.15, -0.1) is 0 Å². The molecule has 0 unspecified atom stereocenters. The zero-order chi connectivity index (χ0) is 34.7. The summed E-state index contributed by atoms with van der Waals surface area (Å²) in [6, 6.07) is 18.9. The number of carbonyl (C=O) groups is 2. The number of nitrogens with zero attached hydrogens (tertiary/aromatic N) is 3. The van der Waals surface area contributed by atoms with Crippen LogP contribution in [0.1, 0.15) is 29.7 Å². The Bertz CT molecular complexity index is 2140. The van der Waals surface area contributed by atoms with Gasteiger partial charge in [0.25, 0.3) is 5.56 Å². The van der Waals surface area contributed by atoms with Crippen molar-refractivity contribution in [2.45, 2.75) is 38.9 Å². The molecule has 5 aromatic rings. The number of carbonyl (C=O) groups excluding carboxylic acids is 1. The number of amides is 1. The lowest BCUT2D eigenvalue weighted by molar-refractivity contribution is -0.136. The summed E-state index contributed by atoms with van der Waals surface area (Å²) in [5, 5.41) is 19.0. The van der Waals surface area contributed by atoms with E-state index in [4.69, 9.17) is 38.0 Å². The molecule has 1 saturated heterocycles. The highest BCUT2D eigenvalue weighted by Gasteiger charge is 2.21. The number of aliphatic carboxylic acids is 1. The van der Waals surface area contributed by atoms with Crippen molar-refractivity contribution in [2.75, 3.05) is 20.2 Å². The number of hydrogen-bond donors (Lipinski definition) is 4. The number of rotatable bonds is 12. The summed E-state index contributed by atoms with van der Waals surface area (Å²) >= 11 is 14.1. The van der Waals surface area contributed by atoms with Gasteiger partial charge in [-0.05, 0) is 37.1 Å². The Balaban J connectivity index is 1.27. The average Bonchev–Trinajstić information content (AvgIpc) is 3.51. The van der Waals surface area contributed by atoms with Crippen LogP contribution in [0, 0.1) is 6.92 Å². The molecular weight excluding hydrogens is 667 g/mol. The minimum Gasteiger partial charge on any atom is -0.481 e. The third kappa shape index (κ3) is 7.30. The Morgan fingerprint density at radius 3 is 2.39 bits per heavy atom. The van der Waals surface area contributed by atoms with Crippen molar-refractivity contribution in [3.05, 3.63) is 104 Å². The third-order valence-corrected chi connectivity index (χ3v) is 9.32. The molecule has 2 aromatic carbocycles. The highest BCUT2D eigenvalue weighted by Crippen LogP contribution is 2.42. The first-order valence-corrected chi connectivity index (χ1v) is 16.5. The van der Waals surface area contributed by atoms with Crippen molar-refractivity contribution in [2.24, 2.45) is 0 Å². The molecule has 4 N–H and O–H groups in total. The van der Waals surface area contributed by atoms with Crippen molar-refractivity contribution < 1.29 is 19.4 Å². The van der Waals surface area contributed by atoms with E-state index >= 15 is 0 Å². The topological polar surface area (TPSA) is 147 Å². The van der Waals surface area contributed by atoms with Gasteiger partial charge in [0.2, 0.25) is 11.8 Å². The first-order valence-electron chi connectivity index (χ1n) is 15.7. The molecule has 0 aliphatic carbocycles. The minimum absolute atomic E-state index is 0.0853. The van der Waals surface area contributed by atoms with Gasteiger partial charge in [-0.1, -0.05) is 65.7 Å². The SMILES string of the molecule is COc1nc(-c2cccc(-c3cccc(-c4ccn5c(=O)c(CNCC(=O)O)c(C)nc5c4)c3Cl)c2Cl)ccc1CNC[C@H]1CCC(=O)N1. The normalized spacial score (nSPS) is 14.3.